The second-order valence-corrected chi connectivity index (χ2v) is 7.58. The molecule has 1 aromatic heterocycles. The van der Waals surface area contributed by atoms with E-state index in [1.807, 2.05) is 47.0 Å². The van der Waals surface area contributed by atoms with E-state index >= 15 is 0 Å². The maximum Gasteiger partial charge on any atom is 0.326 e. The number of hydrogen-bond donors (Lipinski definition) is 0. The Bertz CT molecular complexity index is 1160. The van der Waals surface area contributed by atoms with Crippen LogP contribution in [-0.4, -0.2) is 47.8 Å². The first kappa shape index (κ1) is 19.4. The number of amides is 1. The quantitative estimate of drug-likeness (QED) is 0.589. The summed E-state index contributed by atoms with van der Waals surface area (Å²) in [7, 11) is 0. The van der Waals surface area contributed by atoms with Gasteiger partial charge in [-0.05, 0) is 31.2 Å². The number of anilines is 1. The minimum Gasteiger partial charge on any atom is -0.486 e. The van der Waals surface area contributed by atoms with E-state index in [1.165, 1.54) is 0 Å². The van der Waals surface area contributed by atoms with Crippen LogP contribution in [0.15, 0.2) is 42.5 Å². The third-order valence-electron chi connectivity index (χ3n) is 5.60. The van der Waals surface area contributed by atoms with Crippen LogP contribution >= 0.6 is 0 Å². The molecule has 31 heavy (non-hydrogen) atoms. The van der Waals surface area contributed by atoms with Gasteiger partial charge >= 0.3 is 5.97 Å². The number of fused-ring (bicyclic) bond motifs is 2. The Morgan fingerprint density at radius 3 is 2.81 bits per heavy atom. The van der Waals surface area contributed by atoms with Crippen LogP contribution in [0.5, 0.6) is 11.5 Å². The molecular weight excluding hydrogens is 398 g/mol. The molecule has 0 saturated carbocycles. The van der Waals surface area contributed by atoms with Crippen molar-refractivity contribution >= 4 is 28.6 Å². The van der Waals surface area contributed by atoms with Crippen molar-refractivity contribution in [1.82, 2.24) is 9.55 Å². The zero-order chi connectivity index (χ0) is 21.4. The first-order chi connectivity index (χ1) is 15.1. The van der Waals surface area contributed by atoms with E-state index in [1.54, 1.807) is 11.8 Å². The van der Waals surface area contributed by atoms with Crippen LogP contribution in [0, 0.1) is 0 Å². The Labute approximate surface area is 179 Å². The highest BCUT2D eigenvalue weighted by Crippen LogP contribution is 2.38. The van der Waals surface area contributed by atoms with Gasteiger partial charge in [-0.25, -0.2) is 4.98 Å². The fourth-order valence-corrected chi connectivity index (χ4v) is 4.24. The largest absolute Gasteiger partial charge is 0.486 e. The highest BCUT2D eigenvalue weighted by Gasteiger charge is 2.35. The smallest absolute Gasteiger partial charge is 0.326 e. The number of carbonyl (C=O) groups is 2. The molecule has 1 unspecified atom stereocenters. The average Bonchev–Trinajstić information content (AvgIpc) is 3.34. The summed E-state index contributed by atoms with van der Waals surface area (Å²) < 4.78 is 18.3. The minimum absolute atomic E-state index is 0.0106. The van der Waals surface area contributed by atoms with Crippen LogP contribution in [0.25, 0.3) is 11.0 Å². The molecule has 0 radical (unpaired) electrons. The Kier molecular flexibility index (Phi) is 4.97. The Hall–Kier alpha value is -3.55. The zero-order valence-electron chi connectivity index (χ0n) is 17.2. The summed E-state index contributed by atoms with van der Waals surface area (Å²) in [5.74, 6) is 1.62. The van der Waals surface area contributed by atoms with Gasteiger partial charge in [-0.15, -0.1) is 0 Å². The topological polar surface area (TPSA) is 82.9 Å². The monoisotopic (exact) mass is 421 g/mol. The van der Waals surface area contributed by atoms with E-state index in [2.05, 4.69) is 0 Å². The van der Waals surface area contributed by atoms with Crippen molar-refractivity contribution < 1.29 is 23.8 Å². The van der Waals surface area contributed by atoms with Gasteiger partial charge in [0.05, 0.1) is 17.6 Å². The molecule has 5 rings (SSSR count). The SMILES string of the molecule is CCOC(=O)Cn1c(C2CC(=O)N(c3ccc4c(c3)OCCO4)C2)nc2ccccc21. The number of ether oxygens (including phenoxy) is 3. The average molecular weight is 421 g/mol. The molecule has 0 N–H and O–H groups in total. The Morgan fingerprint density at radius 2 is 1.97 bits per heavy atom. The lowest BCUT2D eigenvalue weighted by molar-refractivity contribution is -0.143. The van der Waals surface area contributed by atoms with Gasteiger partial charge in [0.1, 0.15) is 25.6 Å². The molecule has 2 aliphatic rings. The lowest BCUT2D eigenvalue weighted by Gasteiger charge is -2.22. The van der Waals surface area contributed by atoms with Gasteiger partial charge in [0.25, 0.3) is 0 Å². The van der Waals surface area contributed by atoms with Crippen molar-refractivity contribution in [2.75, 3.05) is 31.3 Å². The van der Waals surface area contributed by atoms with E-state index in [-0.39, 0.29) is 24.3 Å². The summed E-state index contributed by atoms with van der Waals surface area (Å²) in [6.45, 7) is 3.66. The van der Waals surface area contributed by atoms with Crippen molar-refractivity contribution in [2.45, 2.75) is 25.8 Å². The van der Waals surface area contributed by atoms with Crippen LogP contribution < -0.4 is 14.4 Å². The third kappa shape index (κ3) is 3.58. The number of nitrogens with zero attached hydrogens (tertiary/aromatic N) is 3. The van der Waals surface area contributed by atoms with Crippen LogP contribution in [0.3, 0.4) is 0 Å². The molecule has 1 atom stereocenters. The first-order valence-electron chi connectivity index (χ1n) is 10.4. The van der Waals surface area contributed by atoms with Gasteiger partial charge in [0.2, 0.25) is 5.91 Å². The highest BCUT2D eigenvalue weighted by atomic mass is 16.6. The number of carbonyl (C=O) groups excluding carboxylic acids is 2. The maximum atomic E-state index is 12.9. The Morgan fingerprint density at radius 1 is 1.16 bits per heavy atom. The highest BCUT2D eigenvalue weighted by molar-refractivity contribution is 5.97. The molecule has 2 aliphatic heterocycles. The minimum atomic E-state index is -0.320. The van der Waals surface area contributed by atoms with Crippen LogP contribution in [0.1, 0.15) is 25.1 Å². The molecule has 3 heterocycles. The standard InChI is InChI=1S/C23H23N3O5/c1-2-29-22(28)14-26-18-6-4-3-5-17(18)24-23(26)15-11-21(27)25(13-15)16-7-8-19-20(12-16)31-10-9-30-19/h3-8,12,15H,2,9-11,13-14H2,1H3. The molecule has 8 nitrogen and oxygen atoms in total. The molecule has 0 spiro atoms. The van der Waals surface area contributed by atoms with Gasteiger partial charge in [0.15, 0.2) is 11.5 Å². The van der Waals surface area contributed by atoms with Gasteiger partial charge in [-0.2, -0.15) is 0 Å². The van der Waals surface area contributed by atoms with Crippen LogP contribution in [0.4, 0.5) is 5.69 Å². The second-order valence-electron chi connectivity index (χ2n) is 7.58. The van der Waals surface area contributed by atoms with Gasteiger partial charge in [0, 0.05) is 30.6 Å². The fourth-order valence-electron chi connectivity index (χ4n) is 4.24. The zero-order valence-corrected chi connectivity index (χ0v) is 17.2. The predicted molar refractivity (Wildman–Crippen MR) is 114 cm³/mol. The van der Waals surface area contributed by atoms with Crippen molar-refractivity contribution in [1.29, 1.82) is 0 Å². The second kappa shape index (κ2) is 7.94. The number of para-hydroxylation sites is 2. The predicted octanol–water partition coefficient (Wildman–Crippen LogP) is 2.89. The number of rotatable bonds is 5. The molecule has 1 saturated heterocycles. The fraction of sp³-hybridized carbons (Fsp3) is 0.348. The van der Waals surface area contributed by atoms with E-state index < -0.39 is 0 Å². The summed E-state index contributed by atoms with van der Waals surface area (Å²) in [6.07, 6.45) is 0.320. The number of esters is 1. The molecular formula is C23H23N3O5. The normalized spacial score (nSPS) is 17.9. The van der Waals surface area contributed by atoms with E-state index in [0.29, 0.717) is 44.3 Å². The molecule has 3 aromatic rings. The summed E-state index contributed by atoms with van der Waals surface area (Å²) in [6, 6.07) is 13.2. The molecule has 1 amide bonds. The van der Waals surface area contributed by atoms with Gasteiger partial charge < -0.3 is 23.7 Å². The number of benzene rings is 2. The Balaban J connectivity index is 1.46. The molecule has 1 fully saturated rings. The molecule has 160 valence electrons. The summed E-state index contributed by atoms with van der Waals surface area (Å²) in [5.41, 5.74) is 2.42. The molecule has 8 heteroatoms. The number of aromatic nitrogens is 2. The summed E-state index contributed by atoms with van der Waals surface area (Å²) in [4.78, 5) is 31.7. The third-order valence-corrected chi connectivity index (χ3v) is 5.60. The first-order valence-corrected chi connectivity index (χ1v) is 10.4. The van der Waals surface area contributed by atoms with Crippen molar-refractivity contribution in [2.24, 2.45) is 0 Å². The molecule has 2 aromatic carbocycles. The lowest BCUT2D eigenvalue weighted by atomic mass is 10.1. The molecule has 0 bridgehead atoms. The van der Waals surface area contributed by atoms with Crippen molar-refractivity contribution in [3.05, 3.63) is 48.3 Å². The van der Waals surface area contributed by atoms with Crippen LogP contribution in [0.2, 0.25) is 0 Å². The maximum absolute atomic E-state index is 12.9. The number of imidazole rings is 1. The number of hydrogen-bond acceptors (Lipinski definition) is 6. The lowest BCUT2D eigenvalue weighted by Crippen LogP contribution is -2.25. The molecule has 0 aliphatic carbocycles. The van der Waals surface area contributed by atoms with Crippen molar-refractivity contribution in [3.8, 4) is 11.5 Å². The van der Waals surface area contributed by atoms with Crippen LogP contribution in [-0.2, 0) is 20.9 Å². The van der Waals surface area contributed by atoms with E-state index in [9.17, 15) is 9.59 Å². The summed E-state index contributed by atoms with van der Waals surface area (Å²) >= 11 is 0. The van der Waals surface area contributed by atoms with Gasteiger partial charge in [-0.1, -0.05) is 12.1 Å². The van der Waals surface area contributed by atoms with E-state index in [4.69, 9.17) is 19.2 Å². The van der Waals surface area contributed by atoms with E-state index in [0.717, 1.165) is 22.5 Å². The van der Waals surface area contributed by atoms with Crippen molar-refractivity contribution in [3.63, 3.8) is 0 Å². The summed E-state index contributed by atoms with van der Waals surface area (Å²) in [5, 5.41) is 0. The van der Waals surface area contributed by atoms with Gasteiger partial charge in [-0.3, -0.25) is 9.59 Å².